The van der Waals surface area contributed by atoms with Gasteiger partial charge in [0.05, 0.1) is 6.04 Å². The van der Waals surface area contributed by atoms with Gasteiger partial charge in [0, 0.05) is 10.9 Å². The predicted molar refractivity (Wildman–Crippen MR) is 90.3 cm³/mol. The van der Waals surface area contributed by atoms with Crippen LogP contribution in [0.4, 0.5) is 0 Å². The number of nitrogens with one attached hydrogen (secondary N) is 1. The normalized spacial score (nSPS) is 13.6. The fourth-order valence-electron chi connectivity index (χ4n) is 2.50. The van der Waals surface area contributed by atoms with E-state index in [1.165, 1.54) is 4.80 Å². The zero-order chi connectivity index (χ0) is 17.2. The number of hydrogen-bond donors (Lipinski definition) is 1. The molecule has 3 heterocycles. The van der Waals surface area contributed by atoms with Gasteiger partial charge in [-0.25, -0.2) is 0 Å². The molecule has 0 spiro atoms. The van der Waals surface area contributed by atoms with Crippen LogP contribution in [0, 0.1) is 0 Å². The summed E-state index contributed by atoms with van der Waals surface area (Å²) in [7, 11) is 0. The van der Waals surface area contributed by atoms with Gasteiger partial charge in [0.2, 0.25) is 18.5 Å². The van der Waals surface area contributed by atoms with Crippen molar-refractivity contribution < 1.29 is 14.3 Å². The molecule has 0 saturated carbocycles. The summed E-state index contributed by atoms with van der Waals surface area (Å²) in [6.45, 7) is 2.14. The number of fused-ring (bicyclic) bond motifs is 1. The molecule has 2 aromatic heterocycles. The lowest BCUT2D eigenvalue weighted by Gasteiger charge is -2.14. The van der Waals surface area contributed by atoms with Crippen molar-refractivity contribution in [2.45, 2.75) is 19.5 Å². The Balaban J connectivity index is 1.38. The Bertz CT molecular complexity index is 893. The van der Waals surface area contributed by atoms with Gasteiger partial charge in [-0.05, 0) is 41.3 Å². The quantitative estimate of drug-likeness (QED) is 0.751. The summed E-state index contributed by atoms with van der Waals surface area (Å²) in [5.41, 5.74) is 1.83. The molecule has 0 bridgehead atoms. The highest BCUT2D eigenvalue weighted by Crippen LogP contribution is 2.34. The van der Waals surface area contributed by atoms with Crippen molar-refractivity contribution in [1.29, 1.82) is 0 Å². The molecule has 0 saturated heterocycles. The molecule has 1 aromatic carbocycles. The number of aromatic nitrogens is 4. The molecule has 128 valence electrons. The van der Waals surface area contributed by atoms with Crippen LogP contribution >= 0.6 is 11.3 Å². The van der Waals surface area contributed by atoms with E-state index in [1.807, 2.05) is 41.9 Å². The molecule has 0 fully saturated rings. The van der Waals surface area contributed by atoms with Gasteiger partial charge in [-0.1, -0.05) is 6.07 Å². The minimum atomic E-state index is -0.195. The number of amides is 1. The lowest BCUT2D eigenvalue weighted by Crippen LogP contribution is -2.30. The van der Waals surface area contributed by atoms with E-state index in [0.29, 0.717) is 11.6 Å². The van der Waals surface area contributed by atoms with Crippen LogP contribution < -0.4 is 14.8 Å². The van der Waals surface area contributed by atoms with Gasteiger partial charge in [0.15, 0.2) is 11.5 Å². The largest absolute Gasteiger partial charge is 0.454 e. The highest BCUT2D eigenvalue weighted by molar-refractivity contribution is 7.08. The lowest BCUT2D eigenvalue weighted by atomic mass is 10.1. The molecular formula is C16H15N5O3S. The molecule has 9 heteroatoms. The molecule has 0 unspecified atom stereocenters. The summed E-state index contributed by atoms with van der Waals surface area (Å²) in [6, 6.07) is 7.35. The Morgan fingerprint density at radius 1 is 1.36 bits per heavy atom. The van der Waals surface area contributed by atoms with Crippen molar-refractivity contribution in [1.82, 2.24) is 25.5 Å². The van der Waals surface area contributed by atoms with Crippen LogP contribution in [0.2, 0.25) is 0 Å². The smallest absolute Gasteiger partial charge is 0.244 e. The van der Waals surface area contributed by atoms with Crippen LogP contribution in [0.1, 0.15) is 18.5 Å². The number of hydrogen-bond acceptors (Lipinski definition) is 7. The maximum absolute atomic E-state index is 12.2. The zero-order valence-electron chi connectivity index (χ0n) is 13.4. The fraction of sp³-hybridized carbons (Fsp3) is 0.250. The predicted octanol–water partition coefficient (Wildman–Crippen LogP) is 2.01. The van der Waals surface area contributed by atoms with Crippen LogP contribution in [0.3, 0.4) is 0 Å². The first-order valence-corrected chi connectivity index (χ1v) is 8.62. The van der Waals surface area contributed by atoms with Crippen molar-refractivity contribution in [3.05, 3.63) is 40.6 Å². The van der Waals surface area contributed by atoms with E-state index >= 15 is 0 Å². The number of rotatable bonds is 5. The third-order valence-electron chi connectivity index (χ3n) is 3.79. The monoisotopic (exact) mass is 357 g/mol. The van der Waals surface area contributed by atoms with E-state index in [-0.39, 0.29) is 25.3 Å². The lowest BCUT2D eigenvalue weighted by molar-refractivity contribution is -0.122. The Labute approximate surface area is 147 Å². The average molecular weight is 357 g/mol. The first-order valence-electron chi connectivity index (χ1n) is 7.68. The molecule has 1 atom stereocenters. The number of carbonyl (C=O) groups excluding carboxylic acids is 1. The number of benzene rings is 1. The van der Waals surface area contributed by atoms with Crippen LogP contribution in [0.15, 0.2) is 35.0 Å². The summed E-state index contributed by atoms with van der Waals surface area (Å²) in [6.07, 6.45) is 0. The second-order valence-corrected chi connectivity index (χ2v) is 6.34. The third-order valence-corrected chi connectivity index (χ3v) is 4.47. The number of thiophene rings is 1. The maximum atomic E-state index is 12.2. The molecule has 1 N–H and O–H groups in total. The molecule has 0 radical (unpaired) electrons. The number of nitrogens with zero attached hydrogens (tertiary/aromatic N) is 4. The molecular weight excluding hydrogens is 342 g/mol. The van der Waals surface area contributed by atoms with E-state index in [9.17, 15) is 4.79 Å². The summed E-state index contributed by atoms with van der Waals surface area (Å²) in [5.74, 6) is 1.73. The van der Waals surface area contributed by atoms with E-state index in [2.05, 4.69) is 20.7 Å². The van der Waals surface area contributed by atoms with Crippen LogP contribution in [-0.4, -0.2) is 32.9 Å². The molecule has 4 rings (SSSR count). The van der Waals surface area contributed by atoms with Gasteiger partial charge in [-0.2, -0.15) is 16.1 Å². The molecule has 1 aliphatic rings. The minimum Gasteiger partial charge on any atom is -0.454 e. The third kappa shape index (κ3) is 3.31. The summed E-state index contributed by atoms with van der Waals surface area (Å²) >= 11 is 1.56. The fourth-order valence-corrected chi connectivity index (χ4v) is 3.13. The highest BCUT2D eigenvalue weighted by Gasteiger charge is 2.17. The van der Waals surface area contributed by atoms with Gasteiger partial charge < -0.3 is 14.8 Å². The molecule has 8 nitrogen and oxygen atoms in total. The van der Waals surface area contributed by atoms with Gasteiger partial charge in [0.1, 0.15) is 6.54 Å². The second kappa shape index (κ2) is 6.52. The summed E-state index contributed by atoms with van der Waals surface area (Å²) in [4.78, 5) is 13.5. The SMILES string of the molecule is C[C@H](NC(=O)Cn1nnc(-c2ccsc2)n1)c1ccc2c(c1)OCO2. The molecule has 1 aliphatic heterocycles. The average Bonchev–Trinajstić information content (AvgIpc) is 3.34. The van der Waals surface area contributed by atoms with E-state index in [0.717, 1.165) is 16.9 Å². The highest BCUT2D eigenvalue weighted by atomic mass is 32.1. The molecule has 25 heavy (non-hydrogen) atoms. The topological polar surface area (TPSA) is 91.2 Å². The Morgan fingerprint density at radius 3 is 3.08 bits per heavy atom. The van der Waals surface area contributed by atoms with Crippen LogP contribution in [0.25, 0.3) is 11.4 Å². The van der Waals surface area contributed by atoms with Crippen molar-refractivity contribution in [3.63, 3.8) is 0 Å². The minimum absolute atomic E-state index is 0.00598. The van der Waals surface area contributed by atoms with Gasteiger partial charge in [-0.3, -0.25) is 4.79 Å². The Hall–Kier alpha value is -2.94. The number of ether oxygens (including phenoxy) is 2. The van der Waals surface area contributed by atoms with Crippen molar-refractivity contribution >= 4 is 17.2 Å². The van der Waals surface area contributed by atoms with E-state index in [1.54, 1.807) is 11.3 Å². The number of tetrazole rings is 1. The standard InChI is InChI=1S/C16H15N5O3S/c1-10(11-2-3-13-14(6-11)24-9-23-13)17-15(22)7-21-19-16(18-20-21)12-4-5-25-8-12/h2-6,8,10H,7,9H2,1H3,(H,17,22)/t10-/m0/s1. The van der Waals surface area contributed by atoms with Crippen molar-refractivity contribution in [2.75, 3.05) is 6.79 Å². The first-order chi connectivity index (χ1) is 12.2. The van der Waals surface area contributed by atoms with Crippen molar-refractivity contribution in [2.24, 2.45) is 0 Å². The van der Waals surface area contributed by atoms with Crippen LogP contribution in [-0.2, 0) is 11.3 Å². The summed E-state index contributed by atoms with van der Waals surface area (Å²) in [5, 5.41) is 18.9. The maximum Gasteiger partial charge on any atom is 0.244 e. The molecule has 0 aliphatic carbocycles. The molecule has 3 aromatic rings. The Kier molecular flexibility index (Phi) is 4.06. The molecule has 1 amide bonds. The van der Waals surface area contributed by atoms with E-state index in [4.69, 9.17) is 9.47 Å². The van der Waals surface area contributed by atoms with Gasteiger partial charge >= 0.3 is 0 Å². The van der Waals surface area contributed by atoms with Gasteiger partial charge in [-0.15, -0.1) is 10.2 Å². The van der Waals surface area contributed by atoms with Crippen LogP contribution in [0.5, 0.6) is 11.5 Å². The first kappa shape index (κ1) is 15.6. The second-order valence-electron chi connectivity index (χ2n) is 5.56. The van der Waals surface area contributed by atoms with Crippen molar-refractivity contribution in [3.8, 4) is 22.9 Å². The van der Waals surface area contributed by atoms with E-state index < -0.39 is 0 Å². The summed E-state index contributed by atoms with van der Waals surface area (Å²) < 4.78 is 10.7. The Morgan fingerprint density at radius 2 is 2.24 bits per heavy atom. The van der Waals surface area contributed by atoms with Gasteiger partial charge in [0.25, 0.3) is 0 Å². The number of carbonyl (C=O) groups is 1. The zero-order valence-corrected chi connectivity index (χ0v) is 14.2.